The van der Waals surface area contributed by atoms with Gasteiger partial charge in [0.1, 0.15) is 0 Å². The molecule has 0 spiro atoms. The third-order valence-electron chi connectivity index (χ3n) is 26.3. The SMILES string of the molecule is CC(C)(C)c1ccc2c(c1)c1cc(C(C)(C)C)cc3c1n2-c1cc(-c2ccccc2)cc2c1B3c1c3ccccc3cc3c(-c4cccc(CC(C)(C)c5cc6c7c(c5)c5cc(C(C)(C)C)ccc5n7-c5cccc7c5B6c5c6ccccc6cc6c(-c8ccccc8)c(-c8ccccc8)n-7c56)c4)c(-c4ccccc4)n-2c13. The Morgan fingerprint density at radius 2 is 0.652 bits per heavy atom. The topological polar surface area (TPSA) is 19.7 Å². The molecule has 0 atom stereocenters. The van der Waals surface area contributed by atoms with Crippen LogP contribution in [0.5, 0.6) is 0 Å². The number of rotatable bonds is 8. The second-order valence-corrected chi connectivity index (χ2v) is 36.5. The van der Waals surface area contributed by atoms with Crippen LogP contribution in [0.25, 0.3) is 166 Å². The molecule has 15 aromatic carbocycles. The summed E-state index contributed by atoms with van der Waals surface area (Å²) in [6.45, 7) is 26.2. The molecule has 0 unspecified atom stereocenters. The van der Waals surface area contributed by atoms with E-state index in [0.717, 1.165) is 6.42 Å². The van der Waals surface area contributed by atoms with E-state index in [1.54, 1.807) is 0 Å². The monoisotopic (exact) mass is 1430 g/mol. The third-order valence-corrected chi connectivity index (χ3v) is 26.3. The van der Waals surface area contributed by atoms with Crippen molar-refractivity contribution in [1.29, 1.82) is 0 Å². The highest BCUT2D eigenvalue weighted by molar-refractivity contribution is 7.02. The van der Waals surface area contributed by atoms with Crippen molar-refractivity contribution in [2.24, 2.45) is 0 Å². The summed E-state index contributed by atoms with van der Waals surface area (Å²) >= 11 is 0. The molecule has 534 valence electrons. The molecule has 0 fully saturated rings. The highest BCUT2D eigenvalue weighted by atomic mass is 15.1. The van der Waals surface area contributed by atoms with Crippen LogP contribution in [0.2, 0.25) is 0 Å². The van der Waals surface area contributed by atoms with Crippen LogP contribution < -0.4 is 32.8 Å². The standard InChI is InChI=1S/C106H84B2N4/c1-103(2,3)71-46-48-85-78(56-71)80-58-74(60-84-99(80)109(85)87-44-29-45-88-95(87)107(84)93-75-42-26-24-39-67(75)51-81-91(64-33-18-13-19-34-64)97(111(88)101(81)93)65-35-20-14-21-36-65)106(10,11)61-62-30-28-41-69(50-62)92-82-52-68-40-25-27-43-76(68)94-102(82)112(98(92)66-37-22-15-23-38-66)90-54-70(63-31-16-12-17-32-63)53-89-96(90)108(94)83-59-73(105(7,8)9)57-79-77-55-72(104(4,5)6)47-49-86(77)110(89)100(79)83/h12-60H,61H2,1-11H3. The Kier molecular flexibility index (Phi) is 13.4. The van der Waals surface area contributed by atoms with Crippen molar-refractivity contribution in [3.63, 3.8) is 0 Å². The van der Waals surface area contributed by atoms with Crippen LogP contribution in [-0.4, -0.2) is 31.7 Å². The molecule has 0 radical (unpaired) electrons. The fourth-order valence-electron chi connectivity index (χ4n) is 21.0. The Labute approximate surface area is 655 Å². The molecule has 4 aliphatic rings. The lowest BCUT2D eigenvalue weighted by Crippen LogP contribution is -2.60. The number of benzene rings is 15. The van der Waals surface area contributed by atoms with Gasteiger partial charge in [-0.1, -0.05) is 301 Å². The quantitative estimate of drug-likeness (QED) is 0.135. The lowest BCUT2D eigenvalue weighted by molar-refractivity contribution is 0.523. The van der Waals surface area contributed by atoms with Crippen LogP contribution in [0.15, 0.2) is 297 Å². The lowest BCUT2D eigenvalue weighted by Gasteiger charge is -2.36. The van der Waals surface area contributed by atoms with Crippen molar-refractivity contribution in [3.8, 4) is 78.6 Å². The van der Waals surface area contributed by atoms with Gasteiger partial charge in [0.15, 0.2) is 0 Å². The predicted molar refractivity (Wildman–Crippen MR) is 480 cm³/mol. The van der Waals surface area contributed by atoms with Crippen molar-refractivity contribution in [2.75, 3.05) is 0 Å². The fourth-order valence-corrected chi connectivity index (χ4v) is 21.0. The first kappa shape index (κ1) is 65.5. The number of hydrogen-bond donors (Lipinski definition) is 0. The maximum atomic E-state index is 2.74. The second-order valence-electron chi connectivity index (χ2n) is 36.5. The molecule has 4 nitrogen and oxygen atoms in total. The van der Waals surface area contributed by atoms with Gasteiger partial charge in [-0.15, -0.1) is 0 Å². The van der Waals surface area contributed by atoms with E-state index in [9.17, 15) is 0 Å². The van der Waals surface area contributed by atoms with Crippen LogP contribution in [-0.2, 0) is 28.1 Å². The van der Waals surface area contributed by atoms with Crippen molar-refractivity contribution in [3.05, 3.63) is 325 Å². The molecule has 6 heteroatoms. The molecule has 0 bridgehead atoms. The fraction of sp³-hybridized carbons (Fsp3) is 0.151. The van der Waals surface area contributed by atoms with E-state index in [-0.39, 0.29) is 35.1 Å². The van der Waals surface area contributed by atoms with Crippen LogP contribution in [0.1, 0.15) is 104 Å². The van der Waals surface area contributed by atoms with Crippen LogP contribution in [0.3, 0.4) is 0 Å². The van der Waals surface area contributed by atoms with Crippen LogP contribution >= 0.6 is 0 Å². The molecule has 4 aromatic heterocycles. The summed E-state index contributed by atoms with van der Waals surface area (Å²) in [7, 11) is 0. The molecule has 0 saturated carbocycles. The summed E-state index contributed by atoms with van der Waals surface area (Å²) in [5.41, 5.74) is 39.2. The van der Waals surface area contributed by atoms with E-state index in [1.807, 2.05) is 0 Å². The minimum Gasteiger partial charge on any atom is -0.310 e. The zero-order chi connectivity index (χ0) is 75.5. The Morgan fingerprint density at radius 3 is 1.18 bits per heavy atom. The first-order valence-corrected chi connectivity index (χ1v) is 40.3. The molecule has 0 aliphatic carbocycles. The zero-order valence-corrected chi connectivity index (χ0v) is 65.4. The van der Waals surface area contributed by atoms with Gasteiger partial charge < -0.3 is 18.3 Å². The minimum absolute atomic E-state index is 0.0340. The number of aromatic nitrogens is 4. The minimum atomic E-state index is -0.362. The van der Waals surface area contributed by atoms with E-state index in [1.165, 1.54) is 226 Å². The second kappa shape index (κ2) is 22.9. The van der Waals surface area contributed by atoms with Gasteiger partial charge in [-0.25, -0.2) is 0 Å². The smallest absolute Gasteiger partial charge is 0.253 e. The Morgan fingerprint density at radius 1 is 0.250 bits per heavy atom. The molecule has 4 aliphatic heterocycles. The first-order valence-electron chi connectivity index (χ1n) is 40.3. The number of fused-ring (bicyclic) bond motifs is 18. The van der Waals surface area contributed by atoms with Crippen molar-refractivity contribution in [2.45, 2.75) is 104 Å². The van der Waals surface area contributed by atoms with Gasteiger partial charge in [0.25, 0.3) is 13.4 Å². The van der Waals surface area contributed by atoms with E-state index in [0.29, 0.717) is 0 Å². The molecule has 0 saturated heterocycles. The maximum absolute atomic E-state index is 2.74. The Balaban J connectivity index is 0.765. The van der Waals surface area contributed by atoms with E-state index >= 15 is 0 Å². The highest BCUT2D eigenvalue weighted by Gasteiger charge is 2.47. The highest BCUT2D eigenvalue weighted by Crippen LogP contribution is 2.52. The van der Waals surface area contributed by atoms with Gasteiger partial charge in [-0.05, 0) is 216 Å². The van der Waals surface area contributed by atoms with Crippen LogP contribution in [0.4, 0.5) is 0 Å². The summed E-state index contributed by atoms with van der Waals surface area (Å²) < 4.78 is 10.7. The van der Waals surface area contributed by atoms with Gasteiger partial charge in [0, 0.05) is 77.2 Å². The maximum Gasteiger partial charge on any atom is 0.253 e. The molecule has 19 aromatic rings. The average Bonchev–Trinajstić information content (AvgIpc) is 1.47. The van der Waals surface area contributed by atoms with Gasteiger partial charge in [0.2, 0.25) is 0 Å². The van der Waals surface area contributed by atoms with E-state index in [4.69, 9.17) is 0 Å². The van der Waals surface area contributed by atoms with Crippen molar-refractivity contribution in [1.82, 2.24) is 18.3 Å². The summed E-state index contributed by atoms with van der Waals surface area (Å²) in [6.07, 6.45) is 0.804. The molecular formula is C106H84B2N4. The van der Waals surface area contributed by atoms with Gasteiger partial charge >= 0.3 is 0 Å². The summed E-state index contributed by atoms with van der Waals surface area (Å²) in [6, 6.07) is 116. The predicted octanol–water partition coefficient (Wildman–Crippen LogP) is 23.1. The third kappa shape index (κ3) is 9.09. The van der Waals surface area contributed by atoms with Gasteiger partial charge in [-0.2, -0.15) is 0 Å². The lowest BCUT2D eigenvalue weighted by atomic mass is 9.33. The molecule has 8 heterocycles. The number of hydrogen-bond acceptors (Lipinski definition) is 0. The number of nitrogens with zero attached hydrogens (tertiary/aromatic N) is 4. The van der Waals surface area contributed by atoms with Crippen LogP contribution in [0, 0.1) is 0 Å². The molecule has 0 N–H and O–H groups in total. The van der Waals surface area contributed by atoms with E-state index < -0.39 is 0 Å². The van der Waals surface area contributed by atoms with Crippen molar-refractivity contribution >= 4 is 133 Å². The summed E-state index contributed by atoms with van der Waals surface area (Å²) in [5, 5.41) is 12.9. The van der Waals surface area contributed by atoms with Gasteiger partial charge in [0.05, 0.1) is 33.5 Å². The average molecular weight is 1440 g/mol. The normalized spacial score (nSPS) is 13.5. The molecule has 112 heavy (non-hydrogen) atoms. The molecule has 23 rings (SSSR count). The Hall–Kier alpha value is -12.4. The van der Waals surface area contributed by atoms with E-state index in [2.05, 4.69) is 392 Å². The Bertz CT molecular complexity index is 7340. The molecule has 0 amide bonds. The molecular weight excluding hydrogens is 1350 g/mol. The first-order chi connectivity index (χ1) is 54.2. The van der Waals surface area contributed by atoms with Crippen molar-refractivity contribution < 1.29 is 0 Å². The van der Waals surface area contributed by atoms with Gasteiger partial charge in [-0.3, -0.25) is 0 Å². The summed E-state index contributed by atoms with van der Waals surface area (Å²) in [4.78, 5) is 0. The largest absolute Gasteiger partial charge is 0.310 e. The summed E-state index contributed by atoms with van der Waals surface area (Å²) in [5.74, 6) is 0. The zero-order valence-electron chi connectivity index (χ0n) is 65.4.